The molecule has 0 aromatic heterocycles. The van der Waals surface area contributed by atoms with Crippen LogP contribution in [0, 0.1) is 0 Å². The van der Waals surface area contributed by atoms with Gasteiger partial charge in [-0.05, 0) is 12.8 Å². The van der Waals surface area contributed by atoms with E-state index in [-0.39, 0.29) is 13.0 Å². The van der Waals surface area contributed by atoms with Crippen LogP contribution >= 0.6 is 7.82 Å². The molecule has 0 aliphatic heterocycles. The molecular weight excluding hydrogens is 187 g/mol. The van der Waals surface area contributed by atoms with Gasteiger partial charge in [0.1, 0.15) is 0 Å². The van der Waals surface area contributed by atoms with Crippen LogP contribution in [-0.4, -0.2) is 39.3 Å². The maximum atomic E-state index is 10.3. The fraction of sp³-hybridized carbons (Fsp3) is 1.00. The number of hydrogen-bond acceptors (Lipinski definition) is 4. The zero-order chi connectivity index (χ0) is 9.61. The highest BCUT2D eigenvalue weighted by Gasteiger charge is 2.20. The highest BCUT2D eigenvalue weighted by molar-refractivity contribution is 7.46. The van der Waals surface area contributed by atoms with Crippen LogP contribution in [0.1, 0.15) is 12.8 Å². The van der Waals surface area contributed by atoms with Gasteiger partial charge in [-0.2, -0.15) is 0 Å². The summed E-state index contributed by atoms with van der Waals surface area (Å²) in [7, 11) is -4.52. The summed E-state index contributed by atoms with van der Waals surface area (Å²) in [5.41, 5.74) is 0. The van der Waals surface area contributed by atoms with Gasteiger partial charge >= 0.3 is 7.82 Å². The fourth-order valence-electron chi connectivity index (χ4n) is 0.690. The maximum Gasteiger partial charge on any atom is 0.469 e. The van der Waals surface area contributed by atoms with Crippen molar-refractivity contribution in [2.45, 2.75) is 18.9 Å². The molecule has 0 radical (unpaired) electrons. The van der Waals surface area contributed by atoms with Crippen molar-refractivity contribution in [1.82, 2.24) is 0 Å². The Kier molecular flexibility index (Phi) is 5.65. The second-order valence-corrected chi connectivity index (χ2v) is 3.46. The molecular formula is C5H13O6P. The molecule has 6 nitrogen and oxygen atoms in total. The third-order valence-electron chi connectivity index (χ3n) is 1.17. The van der Waals surface area contributed by atoms with E-state index in [1.54, 1.807) is 0 Å². The predicted octanol–water partition coefficient (Wildman–Crippen LogP) is -0.771. The molecule has 0 aliphatic carbocycles. The summed E-state index contributed by atoms with van der Waals surface area (Å²) >= 11 is 0. The molecule has 1 atom stereocenters. The Balaban J connectivity index is 3.75. The van der Waals surface area contributed by atoms with Crippen LogP contribution in [0.4, 0.5) is 0 Å². The zero-order valence-electron chi connectivity index (χ0n) is 6.46. The van der Waals surface area contributed by atoms with Gasteiger partial charge in [0.2, 0.25) is 0 Å². The molecule has 0 rings (SSSR count). The van der Waals surface area contributed by atoms with Crippen LogP contribution in [0.3, 0.4) is 0 Å². The topological polar surface area (TPSA) is 107 Å². The average Bonchev–Trinajstić information content (AvgIpc) is 1.95. The van der Waals surface area contributed by atoms with Gasteiger partial charge < -0.3 is 20.0 Å². The molecule has 0 saturated heterocycles. The van der Waals surface area contributed by atoms with Crippen molar-refractivity contribution in [3.63, 3.8) is 0 Å². The van der Waals surface area contributed by atoms with E-state index in [4.69, 9.17) is 20.0 Å². The molecule has 0 aliphatic rings. The summed E-state index contributed by atoms with van der Waals surface area (Å²) in [5, 5.41) is 16.9. The number of hydrogen-bond donors (Lipinski definition) is 4. The first-order valence-electron chi connectivity index (χ1n) is 3.45. The van der Waals surface area contributed by atoms with Crippen molar-refractivity contribution >= 4 is 7.82 Å². The molecule has 0 bridgehead atoms. The Morgan fingerprint density at radius 2 is 1.92 bits per heavy atom. The van der Waals surface area contributed by atoms with E-state index in [0.29, 0.717) is 6.42 Å². The van der Waals surface area contributed by atoms with Gasteiger partial charge in [-0.3, -0.25) is 4.52 Å². The predicted molar refractivity (Wildman–Crippen MR) is 40.3 cm³/mol. The normalized spacial score (nSPS) is 14.7. The zero-order valence-corrected chi connectivity index (χ0v) is 7.35. The maximum absolute atomic E-state index is 10.3. The van der Waals surface area contributed by atoms with E-state index in [9.17, 15) is 4.57 Å². The SMILES string of the molecule is O=P(O)(O)O[C@H](CO)CCCO. The standard InChI is InChI=1S/C5H13O6P/c6-3-1-2-5(4-7)11-12(8,9)10/h5-7H,1-4H2,(H2,8,9,10)/t5-/m0/s1. The van der Waals surface area contributed by atoms with Crippen molar-refractivity contribution in [3.05, 3.63) is 0 Å². The van der Waals surface area contributed by atoms with Gasteiger partial charge in [-0.1, -0.05) is 0 Å². The van der Waals surface area contributed by atoms with Crippen LogP contribution in [0.2, 0.25) is 0 Å². The Hall–Kier alpha value is 0.0300. The molecule has 0 unspecified atom stereocenters. The molecule has 0 aromatic rings. The van der Waals surface area contributed by atoms with Gasteiger partial charge in [-0.15, -0.1) is 0 Å². The van der Waals surface area contributed by atoms with Crippen LogP contribution in [0.5, 0.6) is 0 Å². The summed E-state index contributed by atoms with van der Waals surface area (Å²) in [6.07, 6.45) is -0.346. The number of aliphatic hydroxyl groups is 2. The Labute approximate surface area is 70.0 Å². The van der Waals surface area contributed by atoms with Gasteiger partial charge in [0.05, 0.1) is 12.7 Å². The number of rotatable bonds is 6. The minimum atomic E-state index is -4.52. The fourth-order valence-corrected chi connectivity index (χ4v) is 1.25. The summed E-state index contributed by atoms with van der Waals surface area (Å²) in [6, 6.07) is 0. The highest BCUT2D eigenvalue weighted by atomic mass is 31.2. The quantitative estimate of drug-likeness (QED) is 0.419. The van der Waals surface area contributed by atoms with Crippen molar-refractivity contribution in [2.24, 2.45) is 0 Å². The molecule has 0 aromatic carbocycles. The summed E-state index contributed by atoms with van der Waals surface area (Å²) in [6.45, 7) is -0.563. The first kappa shape index (κ1) is 12.0. The van der Waals surface area contributed by atoms with Crippen molar-refractivity contribution < 1.29 is 29.1 Å². The summed E-state index contributed by atoms with van der Waals surface area (Å²) < 4.78 is 14.5. The summed E-state index contributed by atoms with van der Waals surface area (Å²) in [4.78, 5) is 16.7. The first-order valence-corrected chi connectivity index (χ1v) is 4.98. The lowest BCUT2D eigenvalue weighted by Gasteiger charge is -2.14. The molecule has 0 fully saturated rings. The van der Waals surface area contributed by atoms with Crippen molar-refractivity contribution in [1.29, 1.82) is 0 Å². The second kappa shape index (κ2) is 5.64. The lowest BCUT2D eigenvalue weighted by Crippen LogP contribution is -2.16. The molecule has 0 spiro atoms. The van der Waals surface area contributed by atoms with E-state index in [1.165, 1.54) is 0 Å². The minimum absolute atomic E-state index is 0.0962. The van der Waals surface area contributed by atoms with Crippen LogP contribution in [0.25, 0.3) is 0 Å². The van der Waals surface area contributed by atoms with E-state index in [1.807, 2.05) is 0 Å². The van der Waals surface area contributed by atoms with Gasteiger partial charge in [-0.25, -0.2) is 4.57 Å². The Morgan fingerprint density at radius 3 is 2.25 bits per heavy atom. The van der Waals surface area contributed by atoms with Crippen LogP contribution in [-0.2, 0) is 9.09 Å². The third-order valence-corrected chi connectivity index (χ3v) is 1.75. The largest absolute Gasteiger partial charge is 0.469 e. The van der Waals surface area contributed by atoms with Crippen molar-refractivity contribution in [2.75, 3.05) is 13.2 Å². The van der Waals surface area contributed by atoms with E-state index < -0.39 is 20.5 Å². The second-order valence-electron chi connectivity index (χ2n) is 2.27. The van der Waals surface area contributed by atoms with Crippen LogP contribution in [0.15, 0.2) is 0 Å². The van der Waals surface area contributed by atoms with E-state index in [0.717, 1.165) is 0 Å². The van der Waals surface area contributed by atoms with Crippen molar-refractivity contribution in [3.8, 4) is 0 Å². The Morgan fingerprint density at radius 1 is 1.33 bits per heavy atom. The van der Waals surface area contributed by atoms with Gasteiger partial charge in [0.25, 0.3) is 0 Å². The Bertz CT molecular complexity index is 154. The molecule has 0 saturated carbocycles. The number of aliphatic hydroxyl groups excluding tert-OH is 2. The average molecular weight is 200 g/mol. The third kappa shape index (κ3) is 6.72. The molecule has 0 amide bonds. The minimum Gasteiger partial charge on any atom is -0.396 e. The van der Waals surface area contributed by atoms with Gasteiger partial charge in [0, 0.05) is 6.61 Å². The van der Waals surface area contributed by atoms with Gasteiger partial charge in [0.15, 0.2) is 0 Å². The lowest BCUT2D eigenvalue weighted by atomic mass is 10.2. The highest BCUT2D eigenvalue weighted by Crippen LogP contribution is 2.38. The molecule has 4 N–H and O–H groups in total. The van der Waals surface area contributed by atoms with E-state index in [2.05, 4.69) is 4.52 Å². The summed E-state index contributed by atoms with van der Waals surface area (Å²) in [5.74, 6) is 0. The number of phosphoric ester groups is 1. The smallest absolute Gasteiger partial charge is 0.396 e. The number of phosphoric acid groups is 1. The first-order chi connectivity index (χ1) is 5.49. The lowest BCUT2D eigenvalue weighted by molar-refractivity contribution is 0.0696. The molecule has 74 valence electrons. The monoisotopic (exact) mass is 200 g/mol. The van der Waals surface area contributed by atoms with E-state index >= 15 is 0 Å². The molecule has 7 heteroatoms. The van der Waals surface area contributed by atoms with Crippen LogP contribution < -0.4 is 0 Å². The molecule has 12 heavy (non-hydrogen) atoms. The molecule has 0 heterocycles.